The fourth-order valence-corrected chi connectivity index (χ4v) is 3.01. The lowest BCUT2D eigenvalue weighted by molar-refractivity contribution is -0.121. The van der Waals surface area contributed by atoms with Crippen LogP contribution in [0, 0.1) is 5.92 Å². The Morgan fingerprint density at radius 3 is 2.84 bits per heavy atom. The summed E-state index contributed by atoms with van der Waals surface area (Å²) in [6.45, 7) is 1.04. The lowest BCUT2D eigenvalue weighted by Crippen LogP contribution is -2.31. The molecule has 1 fully saturated rings. The smallest absolute Gasteiger partial charge is 0.133 e. The second-order valence-electron chi connectivity index (χ2n) is 5.69. The van der Waals surface area contributed by atoms with Gasteiger partial charge in [-0.2, -0.15) is 0 Å². The van der Waals surface area contributed by atoms with Gasteiger partial charge in [0.25, 0.3) is 0 Å². The minimum Gasteiger partial charge on any atom is -0.497 e. The predicted octanol–water partition coefficient (Wildman–Crippen LogP) is 2.71. The maximum Gasteiger partial charge on any atom is 0.133 e. The lowest BCUT2D eigenvalue weighted by atomic mass is 9.74. The van der Waals surface area contributed by atoms with E-state index in [1.807, 2.05) is 12.1 Å². The first kappa shape index (κ1) is 14.1. The van der Waals surface area contributed by atoms with Gasteiger partial charge in [-0.15, -0.1) is 0 Å². The molecular weight excluding hydrogens is 238 g/mol. The number of carbonyl (C=O) groups is 1. The molecule has 3 heteroatoms. The number of Topliss-reactive ketones (excluding diaryl/α,β-unsaturated/α-hetero) is 1. The van der Waals surface area contributed by atoms with Gasteiger partial charge in [0.2, 0.25) is 0 Å². The minimum atomic E-state index is 0.332. The molecule has 0 radical (unpaired) electrons. The van der Waals surface area contributed by atoms with Crippen LogP contribution in [0.1, 0.15) is 30.7 Å². The molecule has 2 atom stereocenters. The molecule has 0 bridgehead atoms. The summed E-state index contributed by atoms with van der Waals surface area (Å²) in [5, 5.41) is 0. The Balaban J connectivity index is 2.22. The van der Waals surface area contributed by atoms with E-state index in [0.717, 1.165) is 25.1 Å². The molecule has 0 saturated heterocycles. The van der Waals surface area contributed by atoms with Gasteiger partial charge in [0.05, 0.1) is 7.11 Å². The normalized spacial score (nSPS) is 23.7. The molecule has 1 aliphatic rings. The number of rotatable bonds is 4. The van der Waals surface area contributed by atoms with Gasteiger partial charge in [0.1, 0.15) is 11.5 Å². The van der Waals surface area contributed by atoms with Crippen molar-refractivity contribution < 1.29 is 9.53 Å². The van der Waals surface area contributed by atoms with E-state index in [-0.39, 0.29) is 0 Å². The lowest BCUT2D eigenvalue weighted by Gasteiger charge is -2.33. The molecule has 2 rings (SSSR count). The maximum absolute atomic E-state index is 11.8. The molecule has 104 valence electrons. The van der Waals surface area contributed by atoms with Crippen LogP contribution in [0.2, 0.25) is 0 Å². The zero-order valence-corrected chi connectivity index (χ0v) is 12.1. The standard InChI is InChI=1S/C16H23NO2/c1-17(2)11-13-7-8-14(18)10-16(13)12-5-4-6-15(9-12)19-3/h4-6,9,13,16H,7-8,10-11H2,1-3H3/t13-,16+/m1/s1. The summed E-state index contributed by atoms with van der Waals surface area (Å²) in [7, 11) is 5.88. The maximum atomic E-state index is 11.8. The molecule has 0 amide bonds. The summed E-state index contributed by atoms with van der Waals surface area (Å²) < 4.78 is 5.29. The fraction of sp³-hybridized carbons (Fsp3) is 0.562. The highest BCUT2D eigenvalue weighted by Gasteiger charge is 2.30. The monoisotopic (exact) mass is 261 g/mol. The van der Waals surface area contributed by atoms with Gasteiger partial charge in [-0.1, -0.05) is 12.1 Å². The highest BCUT2D eigenvalue weighted by Crippen LogP contribution is 2.37. The van der Waals surface area contributed by atoms with Gasteiger partial charge in [-0.25, -0.2) is 0 Å². The van der Waals surface area contributed by atoms with Crippen molar-refractivity contribution in [3.05, 3.63) is 29.8 Å². The Bertz CT molecular complexity index is 442. The number of hydrogen-bond acceptors (Lipinski definition) is 3. The molecule has 0 unspecified atom stereocenters. The average Bonchev–Trinajstić information content (AvgIpc) is 2.40. The first-order valence-corrected chi connectivity index (χ1v) is 6.90. The third-order valence-electron chi connectivity index (χ3n) is 3.93. The second kappa shape index (κ2) is 6.20. The first-order chi connectivity index (χ1) is 9.10. The summed E-state index contributed by atoms with van der Waals surface area (Å²) in [4.78, 5) is 14.0. The fourth-order valence-electron chi connectivity index (χ4n) is 3.01. The molecular formula is C16H23NO2. The van der Waals surface area contributed by atoms with E-state index < -0.39 is 0 Å². The molecule has 0 heterocycles. The number of ketones is 1. The van der Waals surface area contributed by atoms with Crippen molar-refractivity contribution in [3.8, 4) is 5.75 Å². The number of benzene rings is 1. The molecule has 1 aromatic rings. The van der Waals surface area contributed by atoms with E-state index in [2.05, 4.69) is 31.1 Å². The van der Waals surface area contributed by atoms with Crippen molar-refractivity contribution >= 4 is 5.78 Å². The molecule has 0 aromatic heterocycles. The topological polar surface area (TPSA) is 29.5 Å². The van der Waals surface area contributed by atoms with Crippen LogP contribution in [-0.4, -0.2) is 38.4 Å². The van der Waals surface area contributed by atoms with Crippen molar-refractivity contribution in [1.82, 2.24) is 4.90 Å². The average molecular weight is 261 g/mol. The predicted molar refractivity (Wildman–Crippen MR) is 76.6 cm³/mol. The van der Waals surface area contributed by atoms with Crippen molar-refractivity contribution in [3.63, 3.8) is 0 Å². The third-order valence-corrected chi connectivity index (χ3v) is 3.93. The van der Waals surface area contributed by atoms with Gasteiger partial charge in [0, 0.05) is 19.4 Å². The van der Waals surface area contributed by atoms with Gasteiger partial charge in [-0.3, -0.25) is 4.79 Å². The van der Waals surface area contributed by atoms with Crippen LogP contribution >= 0.6 is 0 Å². The van der Waals surface area contributed by atoms with Crippen LogP contribution in [-0.2, 0) is 4.79 Å². The molecule has 1 aromatic carbocycles. The summed E-state index contributed by atoms with van der Waals surface area (Å²) in [6.07, 6.45) is 2.41. The number of nitrogens with zero attached hydrogens (tertiary/aromatic N) is 1. The zero-order valence-electron chi connectivity index (χ0n) is 12.1. The molecule has 1 saturated carbocycles. The number of hydrogen-bond donors (Lipinski definition) is 0. The number of methoxy groups -OCH3 is 1. The van der Waals surface area contributed by atoms with Crippen LogP contribution in [0.25, 0.3) is 0 Å². The Morgan fingerprint density at radius 2 is 2.16 bits per heavy atom. The largest absolute Gasteiger partial charge is 0.497 e. The van der Waals surface area contributed by atoms with E-state index in [4.69, 9.17) is 4.74 Å². The summed E-state index contributed by atoms with van der Waals surface area (Å²) >= 11 is 0. The van der Waals surface area contributed by atoms with Crippen LogP contribution in [0.5, 0.6) is 5.75 Å². The summed E-state index contributed by atoms with van der Waals surface area (Å²) in [6, 6.07) is 8.16. The molecule has 0 spiro atoms. The van der Waals surface area contributed by atoms with E-state index in [1.54, 1.807) is 7.11 Å². The van der Waals surface area contributed by atoms with Crippen LogP contribution in [0.15, 0.2) is 24.3 Å². The third kappa shape index (κ3) is 3.57. The highest BCUT2D eigenvalue weighted by atomic mass is 16.5. The molecule has 1 aliphatic carbocycles. The molecule has 19 heavy (non-hydrogen) atoms. The van der Waals surface area contributed by atoms with Crippen LogP contribution in [0.3, 0.4) is 0 Å². The Labute approximate surface area is 115 Å². The summed E-state index contributed by atoms with van der Waals surface area (Å²) in [5.41, 5.74) is 1.24. The Hall–Kier alpha value is -1.35. The molecule has 0 N–H and O–H groups in total. The first-order valence-electron chi connectivity index (χ1n) is 6.90. The SMILES string of the molecule is COc1cccc([C@@H]2CC(=O)CC[C@@H]2CN(C)C)c1. The second-order valence-corrected chi connectivity index (χ2v) is 5.69. The van der Waals surface area contributed by atoms with Crippen LogP contribution in [0.4, 0.5) is 0 Å². The molecule has 3 nitrogen and oxygen atoms in total. The highest BCUT2D eigenvalue weighted by molar-refractivity contribution is 5.80. The zero-order chi connectivity index (χ0) is 13.8. The van der Waals surface area contributed by atoms with Crippen molar-refractivity contribution in [2.24, 2.45) is 5.92 Å². The van der Waals surface area contributed by atoms with Crippen molar-refractivity contribution in [2.75, 3.05) is 27.7 Å². The van der Waals surface area contributed by atoms with Crippen LogP contribution < -0.4 is 4.74 Å². The Morgan fingerprint density at radius 1 is 1.37 bits per heavy atom. The number of carbonyl (C=O) groups excluding carboxylic acids is 1. The van der Waals surface area contributed by atoms with E-state index >= 15 is 0 Å². The van der Waals surface area contributed by atoms with Crippen molar-refractivity contribution in [2.45, 2.75) is 25.2 Å². The Kier molecular flexibility index (Phi) is 4.59. The van der Waals surface area contributed by atoms with Crippen molar-refractivity contribution in [1.29, 1.82) is 0 Å². The molecule has 0 aliphatic heterocycles. The van der Waals surface area contributed by atoms with E-state index in [0.29, 0.717) is 24.0 Å². The van der Waals surface area contributed by atoms with Gasteiger partial charge < -0.3 is 9.64 Å². The van der Waals surface area contributed by atoms with Gasteiger partial charge >= 0.3 is 0 Å². The minimum absolute atomic E-state index is 0.332. The summed E-state index contributed by atoms with van der Waals surface area (Å²) in [5.74, 6) is 2.15. The van der Waals surface area contributed by atoms with E-state index in [9.17, 15) is 4.79 Å². The number of ether oxygens (including phenoxy) is 1. The quantitative estimate of drug-likeness (QED) is 0.834. The van der Waals surface area contributed by atoms with Gasteiger partial charge in [0.15, 0.2) is 0 Å². The van der Waals surface area contributed by atoms with E-state index in [1.165, 1.54) is 5.56 Å². The van der Waals surface area contributed by atoms with Gasteiger partial charge in [-0.05, 0) is 50.0 Å².